The van der Waals surface area contributed by atoms with Gasteiger partial charge in [-0.1, -0.05) is 12.1 Å². The molecule has 3 rings (SSSR count). The Labute approximate surface area is 165 Å². The Morgan fingerprint density at radius 3 is 2.96 bits per heavy atom. The van der Waals surface area contributed by atoms with E-state index in [1.54, 1.807) is 0 Å². The van der Waals surface area contributed by atoms with Crippen molar-refractivity contribution < 1.29 is 19.1 Å². The first-order chi connectivity index (χ1) is 13.6. The van der Waals surface area contributed by atoms with E-state index in [0.29, 0.717) is 19.6 Å². The van der Waals surface area contributed by atoms with E-state index < -0.39 is 0 Å². The van der Waals surface area contributed by atoms with Crippen LogP contribution in [0.25, 0.3) is 0 Å². The summed E-state index contributed by atoms with van der Waals surface area (Å²) >= 11 is 0. The van der Waals surface area contributed by atoms with Crippen LogP contribution >= 0.6 is 0 Å². The number of carbonyl (C=O) groups is 2. The minimum atomic E-state index is -0.381. The van der Waals surface area contributed by atoms with Gasteiger partial charge in [0.2, 0.25) is 5.91 Å². The topological polar surface area (TPSA) is 91.9 Å². The van der Waals surface area contributed by atoms with Crippen molar-refractivity contribution in [1.82, 2.24) is 21.1 Å². The van der Waals surface area contributed by atoms with E-state index in [2.05, 4.69) is 35.2 Å². The van der Waals surface area contributed by atoms with Crippen molar-refractivity contribution in [3.63, 3.8) is 0 Å². The molecule has 1 aliphatic heterocycles. The van der Waals surface area contributed by atoms with Gasteiger partial charge < -0.3 is 14.4 Å². The first kappa shape index (κ1) is 20.6. The highest BCUT2D eigenvalue weighted by molar-refractivity contribution is 5.96. The molecule has 2 fully saturated rings. The van der Waals surface area contributed by atoms with Crippen molar-refractivity contribution in [2.75, 3.05) is 33.0 Å². The Hall–Kier alpha value is -2.16. The third kappa shape index (κ3) is 6.78. The van der Waals surface area contributed by atoms with Gasteiger partial charge in [-0.15, -0.1) is 0 Å². The molecule has 1 aromatic carbocycles. The van der Waals surface area contributed by atoms with E-state index in [-0.39, 0.29) is 24.7 Å². The number of hydrazine groups is 1. The summed E-state index contributed by atoms with van der Waals surface area (Å²) in [6, 6.07) is 7.96. The van der Waals surface area contributed by atoms with Gasteiger partial charge in [0.1, 0.15) is 12.5 Å². The maximum absolute atomic E-state index is 11.6. The number of ether oxygens (including phenoxy) is 2. The molecule has 8 heteroatoms. The minimum Gasteiger partial charge on any atom is -0.493 e. The average Bonchev–Trinajstić information content (AvgIpc) is 3.51. The molecule has 1 unspecified atom stereocenters. The molecule has 1 aliphatic carbocycles. The zero-order valence-corrected chi connectivity index (χ0v) is 16.4. The summed E-state index contributed by atoms with van der Waals surface area (Å²) in [5.74, 6) is 1.44. The van der Waals surface area contributed by atoms with E-state index in [1.807, 2.05) is 12.1 Å². The molecule has 1 saturated heterocycles. The molecule has 154 valence electrons. The van der Waals surface area contributed by atoms with Crippen molar-refractivity contribution in [2.24, 2.45) is 5.92 Å². The van der Waals surface area contributed by atoms with Crippen molar-refractivity contribution in [3.05, 3.63) is 29.8 Å². The van der Waals surface area contributed by atoms with Crippen LogP contribution in [-0.2, 0) is 9.53 Å². The molecular weight excluding hydrogens is 360 g/mol. The third-order valence-electron chi connectivity index (χ3n) is 4.84. The van der Waals surface area contributed by atoms with Crippen molar-refractivity contribution in [2.45, 2.75) is 38.6 Å². The number of rotatable bonds is 12. The summed E-state index contributed by atoms with van der Waals surface area (Å²) in [5, 5.41) is 2.28. The highest BCUT2D eigenvalue weighted by Gasteiger charge is 2.23. The minimum absolute atomic E-state index is 0.153. The van der Waals surface area contributed by atoms with Crippen LogP contribution in [-0.4, -0.2) is 49.9 Å². The average molecular weight is 390 g/mol. The van der Waals surface area contributed by atoms with Crippen molar-refractivity contribution >= 4 is 11.9 Å². The second-order valence-corrected chi connectivity index (χ2v) is 7.38. The molecule has 1 aromatic rings. The number of hydrogen-bond donors (Lipinski definition) is 3. The monoisotopic (exact) mass is 390 g/mol. The summed E-state index contributed by atoms with van der Waals surface area (Å²) in [4.78, 5) is 24.1. The Morgan fingerprint density at radius 2 is 2.18 bits per heavy atom. The number of carbonyl (C=O) groups excluding carboxylic acids is 2. The Balaban J connectivity index is 1.25. The second kappa shape index (κ2) is 10.4. The summed E-state index contributed by atoms with van der Waals surface area (Å²) in [7, 11) is 0. The third-order valence-corrected chi connectivity index (χ3v) is 4.84. The fourth-order valence-corrected chi connectivity index (χ4v) is 2.84. The van der Waals surface area contributed by atoms with Gasteiger partial charge in [-0.25, -0.2) is 4.79 Å². The number of benzene rings is 1. The molecule has 3 amide bonds. The summed E-state index contributed by atoms with van der Waals surface area (Å²) < 4.78 is 11.3. The van der Waals surface area contributed by atoms with E-state index in [0.717, 1.165) is 31.2 Å². The SMILES string of the molecule is CC(NNCCCOCN1CCC(=O)NC1=O)c1cccc(OCC2CC2)c1. The van der Waals surface area contributed by atoms with Crippen LogP contribution in [0.3, 0.4) is 0 Å². The lowest BCUT2D eigenvalue weighted by Gasteiger charge is -2.26. The van der Waals surface area contributed by atoms with Crippen LogP contribution in [0.1, 0.15) is 44.2 Å². The van der Waals surface area contributed by atoms with Crippen LogP contribution in [0.15, 0.2) is 24.3 Å². The Morgan fingerprint density at radius 1 is 1.32 bits per heavy atom. The normalized spacial score (nSPS) is 18.1. The van der Waals surface area contributed by atoms with Gasteiger partial charge in [0, 0.05) is 25.6 Å². The molecule has 1 atom stereocenters. The first-order valence-electron chi connectivity index (χ1n) is 9.99. The van der Waals surface area contributed by atoms with E-state index in [4.69, 9.17) is 9.47 Å². The fourth-order valence-electron chi connectivity index (χ4n) is 2.84. The van der Waals surface area contributed by atoms with E-state index in [1.165, 1.54) is 23.3 Å². The van der Waals surface area contributed by atoms with Gasteiger partial charge >= 0.3 is 6.03 Å². The summed E-state index contributed by atoms with van der Waals surface area (Å²) in [6.45, 7) is 4.80. The maximum Gasteiger partial charge on any atom is 0.325 e. The van der Waals surface area contributed by atoms with Crippen LogP contribution in [0.2, 0.25) is 0 Å². The van der Waals surface area contributed by atoms with Gasteiger partial charge in [0.05, 0.1) is 13.2 Å². The Kier molecular flexibility index (Phi) is 7.64. The molecule has 2 aliphatic rings. The van der Waals surface area contributed by atoms with Gasteiger partial charge in [-0.3, -0.25) is 21.0 Å². The van der Waals surface area contributed by atoms with Crippen LogP contribution < -0.4 is 20.9 Å². The predicted molar refractivity (Wildman–Crippen MR) is 105 cm³/mol. The van der Waals surface area contributed by atoms with Gasteiger partial charge in [-0.2, -0.15) is 0 Å². The lowest BCUT2D eigenvalue weighted by atomic mass is 10.1. The highest BCUT2D eigenvalue weighted by Crippen LogP contribution is 2.30. The molecule has 3 N–H and O–H groups in total. The van der Waals surface area contributed by atoms with E-state index >= 15 is 0 Å². The lowest BCUT2D eigenvalue weighted by molar-refractivity contribution is -0.122. The van der Waals surface area contributed by atoms with Crippen LogP contribution in [0.4, 0.5) is 4.79 Å². The quantitative estimate of drug-likeness (QED) is 0.373. The number of hydrogen-bond acceptors (Lipinski definition) is 6. The smallest absolute Gasteiger partial charge is 0.325 e. The molecule has 0 bridgehead atoms. The molecule has 0 spiro atoms. The van der Waals surface area contributed by atoms with Crippen molar-refractivity contribution in [1.29, 1.82) is 0 Å². The maximum atomic E-state index is 11.6. The molecule has 1 saturated carbocycles. The standard InChI is InChI=1S/C20H30N4O4/c1-15(17-4-2-5-18(12-17)28-13-16-6-7-16)23-21-9-3-11-27-14-24-10-8-19(25)22-20(24)26/h2,4-5,12,15-16,21,23H,3,6-11,13-14H2,1H3,(H,22,25,26). The Bertz CT molecular complexity index is 665. The van der Waals surface area contributed by atoms with Crippen molar-refractivity contribution in [3.8, 4) is 5.75 Å². The number of nitrogens with one attached hydrogen (secondary N) is 3. The van der Waals surface area contributed by atoms with E-state index in [9.17, 15) is 9.59 Å². The zero-order chi connectivity index (χ0) is 19.8. The lowest BCUT2D eigenvalue weighted by Crippen LogP contribution is -2.50. The zero-order valence-electron chi connectivity index (χ0n) is 16.4. The van der Waals surface area contributed by atoms with Gasteiger partial charge in [0.15, 0.2) is 0 Å². The highest BCUT2D eigenvalue weighted by atomic mass is 16.5. The number of nitrogens with zero attached hydrogens (tertiary/aromatic N) is 1. The molecule has 0 radical (unpaired) electrons. The van der Waals surface area contributed by atoms with Gasteiger partial charge in [-0.05, 0) is 49.8 Å². The number of imide groups is 1. The van der Waals surface area contributed by atoms with Crippen LogP contribution in [0.5, 0.6) is 5.75 Å². The number of amides is 3. The van der Waals surface area contributed by atoms with Crippen LogP contribution in [0, 0.1) is 5.92 Å². The summed E-state index contributed by atoms with van der Waals surface area (Å²) in [5.41, 5.74) is 7.66. The molecule has 0 aromatic heterocycles. The fraction of sp³-hybridized carbons (Fsp3) is 0.600. The molecular formula is C20H30N4O4. The molecule has 8 nitrogen and oxygen atoms in total. The van der Waals surface area contributed by atoms with Gasteiger partial charge in [0.25, 0.3) is 0 Å². The first-order valence-corrected chi connectivity index (χ1v) is 9.99. The summed E-state index contributed by atoms with van der Waals surface area (Å²) in [6.07, 6.45) is 3.70. The molecule has 1 heterocycles. The number of urea groups is 1. The second-order valence-electron chi connectivity index (χ2n) is 7.38. The largest absolute Gasteiger partial charge is 0.493 e. The molecule has 28 heavy (non-hydrogen) atoms. The predicted octanol–water partition coefficient (Wildman–Crippen LogP) is 1.94.